The molecule has 1 atom stereocenters. The van der Waals surface area contributed by atoms with E-state index in [1.807, 2.05) is 12.1 Å². The minimum atomic E-state index is 0.567. The van der Waals surface area contributed by atoms with Crippen LogP contribution in [0.3, 0.4) is 0 Å². The molecule has 1 unspecified atom stereocenters. The third-order valence-electron chi connectivity index (χ3n) is 3.26. The quantitative estimate of drug-likeness (QED) is 0.901. The van der Waals surface area contributed by atoms with E-state index in [0.717, 1.165) is 37.7 Å². The van der Waals surface area contributed by atoms with Gasteiger partial charge in [0.1, 0.15) is 12.7 Å². The zero-order chi connectivity index (χ0) is 12.9. The number of hydrogen-bond acceptors (Lipinski definition) is 5. The van der Waals surface area contributed by atoms with Gasteiger partial charge in [-0.15, -0.1) is 0 Å². The molecule has 0 radical (unpaired) electrons. The number of nitrogens with one attached hydrogen (secondary N) is 1. The van der Waals surface area contributed by atoms with Crippen LogP contribution in [0.1, 0.15) is 12.8 Å². The fraction of sp³-hybridized carbons (Fsp3) is 0.462. The van der Waals surface area contributed by atoms with E-state index in [0.29, 0.717) is 5.92 Å². The highest BCUT2D eigenvalue weighted by Crippen LogP contribution is 2.18. The van der Waals surface area contributed by atoms with Gasteiger partial charge < -0.3 is 10.1 Å². The fourth-order valence-electron chi connectivity index (χ4n) is 2.26. The standard InChI is InChI=1S/C13H17N5O/c1-4-12(16-7-11-3-2-6-19-8-11)13(15-5-1)18-10-14-9-17-18/h1,4-5,9-11,16H,2-3,6-8H2. The maximum atomic E-state index is 5.49. The zero-order valence-electron chi connectivity index (χ0n) is 10.7. The lowest BCUT2D eigenvalue weighted by atomic mass is 10.0. The number of pyridine rings is 1. The first-order valence-electron chi connectivity index (χ1n) is 6.55. The van der Waals surface area contributed by atoms with Crippen molar-refractivity contribution >= 4 is 5.69 Å². The Labute approximate surface area is 111 Å². The normalized spacial score (nSPS) is 19.3. The van der Waals surface area contributed by atoms with Crippen molar-refractivity contribution in [1.29, 1.82) is 0 Å². The van der Waals surface area contributed by atoms with Crippen molar-refractivity contribution in [2.24, 2.45) is 5.92 Å². The molecule has 0 saturated carbocycles. The lowest BCUT2D eigenvalue weighted by Crippen LogP contribution is -2.24. The van der Waals surface area contributed by atoms with E-state index >= 15 is 0 Å². The Hall–Kier alpha value is -1.95. The predicted molar refractivity (Wildman–Crippen MR) is 71.2 cm³/mol. The molecule has 1 N–H and O–H groups in total. The smallest absolute Gasteiger partial charge is 0.178 e. The first-order valence-corrected chi connectivity index (χ1v) is 6.55. The average molecular weight is 259 g/mol. The molecule has 1 aliphatic heterocycles. The second-order valence-corrected chi connectivity index (χ2v) is 4.68. The van der Waals surface area contributed by atoms with E-state index < -0.39 is 0 Å². The van der Waals surface area contributed by atoms with Crippen LogP contribution in [0.2, 0.25) is 0 Å². The van der Waals surface area contributed by atoms with Crippen LogP contribution in [-0.4, -0.2) is 39.5 Å². The molecule has 1 aliphatic rings. The van der Waals surface area contributed by atoms with E-state index in [1.165, 1.54) is 12.7 Å². The van der Waals surface area contributed by atoms with E-state index in [-0.39, 0.29) is 0 Å². The summed E-state index contributed by atoms with van der Waals surface area (Å²) in [6.07, 6.45) is 7.28. The summed E-state index contributed by atoms with van der Waals surface area (Å²) in [5.41, 5.74) is 0.971. The maximum absolute atomic E-state index is 5.49. The van der Waals surface area contributed by atoms with Crippen molar-refractivity contribution in [1.82, 2.24) is 19.7 Å². The SMILES string of the molecule is c1cnc(-n2cncn2)c(NCC2CCCOC2)c1. The Balaban J connectivity index is 1.70. The number of aromatic nitrogens is 4. The van der Waals surface area contributed by atoms with Gasteiger partial charge in [0, 0.05) is 19.3 Å². The molecule has 3 rings (SSSR count). The molecule has 0 aliphatic carbocycles. The van der Waals surface area contributed by atoms with Gasteiger partial charge in [0.25, 0.3) is 0 Å². The molecule has 1 fully saturated rings. The fourth-order valence-corrected chi connectivity index (χ4v) is 2.26. The van der Waals surface area contributed by atoms with E-state index in [9.17, 15) is 0 Å². The van der Waals surface area contributed by atoms with Gasteiger partial charge in [0.2, 0.25) is 0 Å². The summed E-state index contributed by atoms with van der Waals surface area (Å²) in [5.74, 6) is 1.34. The summed E-state index contributed by atoms with van der Waals surface area (Å²) in [6.45, 7) is 2.63. The van der Waals surface area contributed by atoms with Crippen LogP contribution in [-0.2, 0) is 4.74 Å². The highest BCUT2D eigenvalue weighted by atomic mass is 16.5. The summed E-state index contributed by atoms with van der Waals surface area (Å²) >= 11 is 0. The van der Waals surface area contributed by atoms with Crippen LogP contribution in [0.4, 0.5) is 5.69 Å². The van der Waals surface area contributed by atoms with Gasteiger partial charge in [-0.25, -0.2) is 14.6 Å². The van der Waals surface area contributed by atoms with Crippen LogP contribution < -0.4 is 5.32 Å². The molecule has 0 amide bonds. The van der Waals surface area contributed by atoms with E-state index in [1.54, 1.807) is 17.2 Å². The first-order chi connectivity index (χ1) is 9.43. The highest BCUT2D eigenvalue weighted by Gasteiger charge is 2.14. The lowest BCUT2D eigenvalue weighted by Gasteiger charge is -2.23. The minimum absolute atomic E-state index is 0.567. The molecular formula is C13H17N5O. The van der Waals surface area contributed by atoms with Gasteiger partial charge in [-0.3, -0.25) is 0 Å². The zero-order valence-corrected chi connectivity index (χ0v) is 10.7. The minimum Gasteiger partial charge on any atom is -0.382 e. The maximum Gasteiger partial charge on any atom is 0.178 e. The molecule has 6 heteroatoms. The average Bonchev–Trinajstić information content (AvgIpc) is 3.01. The molecule has 6 nitrogen and oxygen atoms in total. The van der Waals surface area contributed by atoms with Crippen molar-refractivity contribution in [2.75, 3.05) is 25.1 Å². The van der Waals surface area contributed by atoms with Gasteiger partial charge in [0.05, 0.1) is 12.3 Å². The Morgan fingerprint density at radius 3 is 3.26 bits per heavy atom. The van der Waals surface area contributed by atoms with Crippen molar-refractivity contribution in [3.8, 4) is 5.82 Å². The van der Waals surface area contributed by atoms with Crippen LogP contribution in [0.25, 0.3) is 5.82 Å². The number of rotatable bonds is 4. The van der Waals surface area contributed by atoms with Crippen LogP contribution in [0.15, 0.2) is 31.0 Å². The summed E-state index contributed by atoms with van der Waals surface area (Å²) in [5, 5.41) is 7.56. The Kier molecular flexibility index (Phi) is 3.69. The molecule has 2 aromatic rings. The van der Waals surface area contributed by atoms with Crippen LogP contribution >= 0.6 is 0 Å². The first kappa shape index (κ1) is 12.1. The van der Waals surface area contributed by atoms with Gasteiger partial charge in [-0.2, -0.15) is 5.10 Å². The molecule has 0 bridgehead atoms. The van der Waals surface area contributed by atoms with E-state index in [4.69, 9.17) is 4.74 Å². The molecule has 19 heavy (non-hydrogen) atoms. The van der Waals surface area contributed by atoms with Crippen LogP contribution in [0, 0.1) is 5.92 Å². The Bertz CT molecular complexity index is 508. The van der Waals surface area contributed by atoms with Gasteiger partial charge in [-0.05, 0) is 30.9 Å². The third-order valence-corrected chi connectivity index (χ3v) is 3.26. The Morgan fingerprint density at radius 2 is 2.47 bits per heavy atom. The van der Waals surface area contributed by atoms with E-state index in [2.05, 4.69) is 20.4 Å². The largest absolute Gasteiger partial charge is 0.382 e. The lowest BCUT2D eigenvalue weighted by molar-refractivity contribution is 0.0595. The topological polar surface area (TPSA) is 64.9 Å². The van der Waals surface area contributed by atoms with Crippen molar-refractivity contribution < 1.29 is 4.74 Å². The summed E-state index contributed by atoms with van der Waals surface area (Å²) in [4.78, 5) is 8.31. The second-order valence-electron chi connectivity index (χ2n) is 4.68. The van der Waals surface area contributed by atoms with Gasteiger partial charge in [0.15, 0.2) is 5.82 Å². The van der Waals surface area contributed by atoms with Crippen molar-refractivity contribution in [3.05, 3.63) is 31.0 Å². The number of hydrogen-bond donors (Lipinski definition) is 1. The Morgan fingerprint density at radius 1 is 1.47 bits per heavy atom. The molecule has 0 spiro atoms. The summed E-state index contributed by atoms with van der Waals surface area (Å²) in [7, 11) is 0. The van der Waals surface area contributed by atoms with Crippen LogP contribution in [0.5, 0.6) is 0 Å². The summed E-state index contributed by atoms with van der Waals surface area (Å²) in [6, 6.07) is 3.92. The molecular weight excluding hydrogens is 242 g/mol. The molecule has 0 aromatic carbocycles. The van der Waals surface area contributed by atoms with Gasteiger partial charge in [-0.1, -0.05) is 0 Å². The number of nitrogens with zero attached hydrogens (tertiary/aromatic N) is 4. The molecule has 2 aromatic heterocycles. The molecule has 1 saturated heterocycles. The molecule has 3 heterocycles. The van der Waals surface area contributed by atoms with Gasteiger partial charge >= 0.3 is 0 Å². The monoisotopic (exact) mass is 259 g/mol. The summed E-state index contributed by atoms with van der Waals surface area (Å²) < 4.78 is 7.16. The third kappa shape index (κ3) is 2.90. The molecule has 100 valence electrons. The number of anilines is 1. The highest BCUT2D eigenvalue weighted by molar-refractivity contribution is 5.56. The van der Waals surface area contributed by atoms with Crippen molar-refractivity contribution in [3.63, 3.8) is 0 Å². The second kappa shape index (κ2) is 5.79. The predicted octanol–water partition coefficient (Wildman–Crippen LogP) is 1.50. The number of ether oxygens (including phenoxy) is 1. The van der Waals surface area contributed by atoms with Crippen molar-refractivity contribution in [2.45, 2.75) is 12.8 Å².